The normalized spacial score (nSPS) is 12.4. The minimum absolute atomic E-state index is 0.0970. The first-order valence-corrected chi connectivity index (χ1v) is 6.60. The summed E-state index contributed by atoms with van der Waals surface area (Å²) in [6.45, 7) is 2.52. The lowest BCUT2D eigenvalue weighted by atomic mass is 10.1. The molecule has 0 saturated heterocycles. The van der Waals surface area contributed by atoms with E-state index < -0.39 is 0 Å². The number of benzene rings is 1. The van der Waals surface area contributed by atoms with Crippen LogP contribution in [0.15, 0.2) is 35.7 Å². The molecule has 0 radical (unpaired) electrons. The van der Waals surface area contributed by atoms with Gasteiger partial charge in [0.1, 0.15) is 12.4 Å². The summed E-state index contributed by atoms with van der Waals surface area (Å²) in [5, 5.41) is 2.71. The fraction of sp³-hybridized carbons (Fsp3) is 0.231. The molecule has 2 N–H and O–H groups in total. The van der Waals surface area contributed by atoms with Crippen molar-refractivity contribution in [2.75, 3.05) is 6.61 Å². The Kier molecular flexibility index (Phi) is 4.05. The van der Waals surface area contributed by atoms with Gasteiger partial charge in [0.25, 0.3) is 0 Å². The molecule has 0 bridgehead atoms. The molecule has 90 valence electrons. The van der Waals surface area contributed by atoms with Crippen molar-refractivity contribution in [1.82, 2.24) is 0 Å². The van der Waals surface area contributed by atoms with Crippen molar-refractivity contribution >= 4 is 22.9 Å². The average Bonchev–Trinajstić information content (AvgIpc) is 2.72. The maximum atomic E-state index is 6.07. The van der Waals surface area contributed by atoms with Crippen LogP contribution in [0.1, 0.15) is 16.5 Å². The van der Waals surface area contributed by atoms with Crippen molar-refractivity contribution in [3.8, 4) is 5.75 Å². The molecule has 1 aromatic carbocycles. The van der Waals surface area contributed by atoms with Gasteiger partial charge in [-0.05, 0) is 42.1 Å². The summed E-state index contributed by atoms with van der Waals surface area (Å²) >= 11 is 7.58. The van der Waals surface area contributed by atoms with E-state index in [-0.39, 0.29) is 6.04 Å². The fourth-order valence-corrected chi connectivity index (χ4v) is 2.57. The van der Waals surface area contributed by atoms with E-state index in [2.05, 4.69) is 6.92 Å². The van der Waals surface area contributed by atoms with Crippen LogP contribution >= 0.6 is 22.9 Å². The van der Waals surface area contributed by atoms with Crippen molar-refractivity contribution in [1.29, 1.82) is 0 Å². The summed E-state index contributed by atoms with van der Waals surface area (Å²) < 4.78 is 5.62. The van der Waals surface area contributed by atoms with Gasteiger partial charge >= 0.3 is 0 Å². The zero-order valence-corrected chi connectivity index (χ0v) is 11.1. The molecule has 2 aromatic rings. The first kappa shape index (κ1) is 12.4. The second-order valence-electron chi connectivity index (χ2n) is 3.81. The predicted octanol–water partition coefficient (Wildman–Crippen LogP) is 3.79. The Morgan fingerprint density at radius 1 is 1.41 bits per heavy atom. The Morgan fingerprint density at radius 3 is 2.88 bits per heavy atom. The summed E-state index contributed by atoms with van der Waals surface area (Å²) in [7, 11) is 0. The molecular weight excluding hydrogens is 254 g/mol. The molecule has 0 amide bonds. The van der Waals surface area contributed by atoms with E-state index in [0.717, 1.165) is 11.3 Å². The fourth-order valence-electron chi connectivity index (χ4n) is 1.61. The highest BCUT2D eigenvalue weighted by Gasteiger charge is 2.10. The van der Waals surface area contributed by atoms with Crippen molar-refractivity contribution < 1.29 is 4.74 Å². The lowest BCUT2D eigenvalue weighted by Crippen LogP contribution is -2.19. The van der Waals surface area contributed by atoms with Crippen LogP contribution < -0.4 is 10.5 Å². The van der Waals surface area contributed by atoms with E-state index in [1.807, 2.05) is 29.6 Å². The number of thiophene rings is 1. The lowest BCUT2D eigenvalue weighted by Gasteiger charge is -2.13. The molecule has 1 heterocycles. The molecule has 4 heteroatoms. The summed E-state index contributed by atoms with van der Waals surface area (Å²) in [4.78, 5) is 1.24. The van der Waals surface area contributed by atoms with Crippen LogP contribution in [0.5, 0.6) is 5.75 Å². The monoisotopic (exact) mass is 267 g/mol. The Balaban J connectivity index is 1.97. The third-order valence-corrected chi connectivity index (χ3v) is 3.62. The summed E-state index contributed by atoms with van der Waals surface area (Å²) in [5.74, 6) is 0.751. The van der Waals surface area contributed by atoms with Gasteiger partial charge in [0.2, 0.25) is 0 Å². The van der Waals surface area contributed by atoms with Crippen LogP contribution in [0, 0.1) is 6.92 Å². The summed E-state index contributed by atoms with van der Waals surface area (Å²) in [6.07, 6.45) is 0. The number of hydrogen-bond donors (Lipinski definition) is 1. The molecule has 1 atom stereocenters. The van der Waals surface area contributed by atoms with Gasteiger partial charge in [-0.15, -0.1) is 11.3 Å². The Labute approximate surface area is 110 Å². The summed E-state index contributed by atoms with van der Waals surface area (Å²) in [6, 6.07) is 9.29. The zero-order chi connectivity index (χ0) is 12.3. The lowest BCUT2D eigenvalue weighted by molar-refractivity contribution is 0.290. The van der Waals surface area contributed by atoms with Crippen LogP contribution in [0.25, 0.3) is 0 Å². The SMILES string of the molecule is Cc1sccc1C(N)COc1cccc(Cl)c1. The van der Waals surface area contributed by atoms with E-state index in [1.165, 1.54) is 4.88 Å². The van der Waals surface area contributed by atoms with E-state index in [4.69, 9.17) is 22.1 Å². The number of aryl methyl sites for hydroxylation is 1. The Bertz CT molecular complexity index is 498. The highest BCUT2D eigenvalue weighted by Crippen LogP contribution is 2.23. The molecule has 0 fully saturated rings. The van der Waals surface area contributed by atoms with Gasteiger partial charge in [0.05, 0.1) is 6.04 Å². The topological polar surface area (TPSA) is 35.2 Å². The van der Waals surface area contributed by atoms with Crippen LogP contribution in [0.3, 0.4) is 0 Å². The van der Waals surface area contributed by atoms with E-state index >= 15 is 0 Å². The second-order valence-corrected chi connectivity index (χ2v) is 5.36. The number of rotatable bonds is 4. The first-order chi connectivity index (χ1) is 8.16. The molecule has 1 unspecified atom stereocenters. The van der Waals surface area contributed by atoms with E-state index in [9.17, 15) is 0 Å². The van der Waals surface area contributed by atoms with Crippen LogP contribution in [0.4, 0.5) is 0 Å². The van der Waals surface area contributed by atoms with Gasteiger partial charge in [-0.2, -0.15) is 0 Å². The smallest absolute Gasteiger partial charge is 0.120 e. The minimum Gasteiger partial charge on any atom is -0.492 e. The molecule has 0 spiro atoms. The molecule has 0 aliphatic carbocycles. The maximum Gasteiger partial charge on any atom is 0.120 e. The second kappa shape index (κ2) is 5.54. The van der Waals surface area contributed by atoms with Gasteiger partial charge in [-0.3, -0.25) is 0 Å². The number of halogens is 1. The Morgan fingerprint density at radius 2 is 2.24 bits per heavy atom. The molecule has 0 aliphatic rings. The van der Waals surface area contributed by atoms with Crippen molar-refractivity contribution in [2.24, 2.45) is 5.73 Å². The average molecular weight is 268 g/mol. The van der Waals surface area contributed by atoms with Crippen LogP contribution in [-0.2, 0) is 0 Å². The third kappa shape index (κ3) is 3.22. The molecule has 0 aliphatic heterocycles. The highest BCUT2D eigenvalue weighted by atomic mass is 35.5. The van der Waals surface area contributed by atoms with E-state index in [1.54, 1.807) is 17.4 Å². The van der Waals surface area contributed by atoms with Crippen LogP contribution in [0.2, 0.25) is 5.02 Å². The number of ether oxygens (including phenoxy) is 1. The van der Waals surface area contributed by atoms with Crippen molar-refractivity contribution in [3.05, 3.63) is 51.2 Å². The third-order valence-electron chi connectivity index (χ3n) is 2.52. The molecule has 2 rings (SSSR count). The highest BCUT2D eigenvalue weighted by molar-refractivity contribution is 7.10. The summed E-state index contributed by atoms with van der Waals surface area (Å²) in [5.41, 5.74) is 7.22. The first-order valence-electron chi connectivity index (χ1n) is 5.35. The van der Waals surface area contributed by atoms with Gasteiger partial charge < -0.3 is 10.5 Å². The van der Waals surface area contributed by atoms with Gasteiger partial charge in [-0.1, -0.05) is 17.7 Å². The van der Waals surface area contributed by atoms with E-state index in [0.29, 0.717) is 11.6 Å². The number of hydrogen-bond acceptors (Lipinski definition) is 3. The van der Waals surface area contributed by atoms with Gasteiger partial charge in [-0.25, -0.2) is 0 Å². The molecule has 1 aromatic heterocycles. The molecular formula is C13H14ClNOS. The van der Waals surface area contributed by atoms with Gasteiger partial charge in [0.15, 0.2) is 0 Å². The van der Waals surface area contributed by atoms with Crippen molar-refractivity contribution in [2.45, 2.75) is 13.0 Å². The predicted molar refractivity (Wildman–Crippen MR) is 72.9 cm³/mol. The standard InChI is InChI=1S/C13H14ClNOS/c1-9-12(5-6-17-9)13(15)8-16-11-4-2-3-10(14)7-11/h2-7,13H,8,15H2,1H3. The molecule has 2 nitrogen and oxygen atoms in total. The minimum atomic E-state index is -0.0970. The maximum absolute atomic E-state index is 6.07. The van der Waals surface area contributed by atoms with Gasteiger partial charge in [0, 0.05) is 9.90 Å². The number of nitrogens with two attached hydrogens (primary N) is 1. The van der Waals surface area contributed by atoms with Crippen LogP contribution in [-0.4, -0.2) is 6.61 Å². The largest absolute Gasteiger partial charge is 0.492 e. The Hall–Kier alpha value is -1.03. The quantitative estimate of drug-likeness (QED) is 0.915. The van der Waals surface area contributed by atoms with Crippen molar-refractivity contribution in [3.63, 3.8) is 0 Å². The zero-order valence-electron chi connectivity index (χ0n) is 9.52. The molecule has 0 saturated carbocycles. The molecule has 17 heavy (non-hydrogen) atoms.